The Bertz CT molecular complexity index is 915. The molecule has 1 aromatic heterocycles. The lowest BCUT2D eigenvalue weighted by molar-refractivity contribution is -0.562. The molecule has 0 unspecified atom stereocenters. The van der Waals surface area contributed by atoms with Gasteiger partial charge in [-0.05, 0) is 24.3 Å². The molecular formula is C17H10N2O3. The van der Waals surface area contributed by atoms with Crippen molar-refractivity contribution >= 4 is 28.5 Å². The molecule has 22 heavy (non-hydrogen) atoms. The van der Waals surface area contributed by atoms with Gasteiger partial charge in [-0.1, -0.05) is 30.3 Å². The Kier molecular flexibility index (Phi) is 2.50. The van der Waals surface area contributed by atoms with Crippen molar-refractivity contribution in [2.24, 2.45) is 0 Å². The highest BCUT2D eigenvalue weighted by Gasteiger charge is 2.44. The number of fused-ring (bicyclic) bond motifs is 2. The minimum absolute atomic E-state index is 0.0184. The molecule has 0 radical (unpaired) electrons. The van der Waals surface area contributed by atoms with Gasteiger partial charge in [0.15, 0.2) is 0 Å². The highest BCUT2D eigenvalue weighted by Crippen LogP contribution is 2.27. The van der Waals surface area contributed by atoms with Crippen molar-refractivity contribution in [3.63, 3.8) is 0 Å². The summed E-state index contributed by atoms with van der Waals surface area (Å²) in [6.07, 6.45) is 0. The van der Waals surface area contributed by atoms with Crippen molar-refractivity contribution in [3.05, 3.63) is 77.0 Å². The molecule has 2 heterocycles. The number of aromatic nitrogens is 1. The molecular weight excluding hydrogens is 280 g/mol. The Morgan fingerprint density at radius 3 is 2.05 bits per heavy atom. The summed E-state index contributed by atoms with van der Waals surface area (Å²) in [5.74, 6) is -0.925. The van der Waals surface area contributed by atoms with Gasteiger partial charge in [0.25, 0.3) is 5.82 Å². The lowest BCUT2D eigenvalue weighted by Gasteiger charge is -2.15. The van der Waals surface area contributed by atoms with Crippen molar-refractivity contribution in [3.8, 4) is 0 Å². The van der Waals surface area contributed by atoms with Crippen LogP contribution in [0.1, 0.15) is 20.7 Å². The summed E-state index contributed by atoms with van der Waals surface area (Å²) in [5, 5.41) is 13.3. The molecule has 0 aliphatic carbocycles. The number of anilines is 1. The summed E-state index contributed by atoms with van der Waals surface area (Å²) in [4.78, 5) is 25.8. The zero-order valence-corrected chi connectivity index (χ0v) is 11.4. The fraction of sp³-hybridized carbons (Fsp3) is 0. The summed E-state index contributed by atoms with van der Waals surface area (Å²) in [6, 6.07) is 16.8. The first-order valence-corrected chi connectivity index (χ1v) is 6.77. The number of carbonyl (C=O) groups is 2. The van der Waals surface area contributed by atoms with E-state index in [1.807, 2.05) is 6.07 Å². The average Bonchev–Trinajstić information content (AvgIpc) is 2.81. The van der Waals surface area contributed by atoms with Crippen molar-refractivity contribution in [2.45, 2.75) is 0 Å². The predicted octanol–water partition coefficient (Wildman–Crippen LogP) is 2.27. The van der Waals surface area contributed by atoms with E-state index in [0.717, 1.165) is 10.3 Å². The van der Waals surface area contributed by atoms with E-state index in [1.165, 1.54) is 6.07 Å². The van der Waals surface area contributed by atoms with Gasteiger partial charge >= 0.3 is 11.8 Å². The summed E-state index contributed by atoms with van der Waals surface area (Å²) in [5.41, 5.74) is 1.05. The zero-order valence-electron chi connectivity index (χ0n) is 11.4. The number of imide groups is 1. The zero-order chi connectivity index (χ0) is 15.3. The maximum Gasteiger partial charge on any atom is 0.349 e. The standard InChI is InChI=1S/C17H10N2O3/c20-16-12-6-2-3-7-13(12)17(21)18(16)15-10-9-11-5-1-4-8-14(11)19(15)22/h1-10H. The van der Waals surface area contributed by atoms with Crippen LogP contribution in [0, 0.1) is 5.21 Å². The van der Waals surface area contributed by atoms with Gasteiger partial charge < -0.3 is 5.21 Å². The summed E-state index contributed by atoms with van der Waals surface area (Å²) >= 11 is 0. The monoisotopic (exact) mass is 290 g/mol. The van der Waals surface area contributed by atoms with Crippen molar-refractivity contribution in [1.82, 2.24) is 0 Å². The number of pyridine rings is 1. The second kappa shape index (κ2) is 4.39. The Hall–Kier alpha value is -3.21. The van der Waals surface area contributed by atoms with Gasteiger partial charge in [0.05, 0.1) is 11.1 Å². The molecule has 0 atom stereocenters. The smallest absolute Gasteiger partial charge is 0.349 e. The highest BCUT2D eigenvalue weighted by molar-refractivity contribution is 6.33. The van der Waals surface area contributed by atoms with Crippen molar-refractivity contribution in [2.75, 3.05) is 4.90 Å². The summed E-state index contributed by atoms with van der Waals surface area (Å²) < 4.78 is 0.622. The third-order valence-corrected chi connectivity index (χ3v) is 3.80. The minimum Gasteiger partial charge on any atom is -0.710 e. The third kappa shape index (κ3) is 1.56. The van der Waals surface area contributed by atoms with Crippen molar-refractivity contribution in [1.29, 1.82) is 0 Å². The van der Waals surface area contributed by atoms with E-state index in [2.05, 4.69) is 0 Å². The topological polar surface area (TPSA) is 64.3 Å². The minimum atomic E-state index is -0.472. The first kappa shape index (κ1) is 12.5. The molecule has 0 bridgehead atoms. The number of amides is 2. The predicted molar refractivity (Wildman–Crippen MR) is 80.5 cm³/mol. The first-order chi connectivity index (χ1) is 10.7. The molecule has 2 aromatic carbocycles. The normalized spacial score (nSPS) is 13.7. The van der Waals surface area contributed by atoms with Crippen LogP contribution in [0.25, 0.3) is 10.9 Å². The molecule has 1 aliphatic rings. The van der Waals surface area contributed by atoms with Gasteiger partial charge in [-0.3, -0.25) is 0 Å². The van der Waals surface area contributed by atoms with Crippen LogP contribution in [-0.4, -0.2) is 11.8 Å². The number of hydrogen-bond donors (Lipinski definition) is 0. The van der Waals surface area contributed by atoms with Gasteiger partial charge in [-0.25, -0.2) is 14.3 Å². The molecule has 0 N–H and O–H groups in total. The van der Waals surface area contributed by atoms with E-state index in [0.29, 0.717) is 21.4 Å². The van der Waals surface area contributed by atoms with Crippen LogP contribution in [0.3, 0.4) is 0 Å². The second-order valence-electron chi connectivity index (χ2n) is 5.04. The van der Waals surface area contributed by atoms with E-state index >= 15 is 0 Å². The second-order valence-corrected chi connectivity index (χ2v) is 5.04. The fourth-order valence-corrected chi connectivity index (χ4v) is 2.73. The number of rotatable bonds is 1. The van der Waals surface area contributed by atoms with Crippen molar-refractivity contribution < 1.29 is 14.3 Å². The molecule has 4 rings (SSSR count). The summed E-state index contributed by atoms with van der Waals surface area (Å²) in [7, 11) is 0. The van der Waals surface area contributed by atoms with Gasteiger partial charge in [0.1, 0.15) is 5.52 Å². The number of para-hydroxylation sites is 1. The van der Waals surface area contributed by atoms with E-state index in [9.17, 15) is 14.8 Å². The number of nitrogens with zero attached hydrogens (tertiary/aromatic N) is 2. The van der Waals surface area contributed by atoms with E-state index in [4.69, 9.17) is 0 Å². The lowest BCUT2D eigenvalue weighted by Crippen LogP contribution is -2.41. The van der Waals surface area contributed by atoms with Gasteiger partial charge in [0, 0.05) is 11.5 Å². The molecule has 5 nitrogen and oxygen atoms in total. The van der Waals surface area contributed by atoms with Gasteiger partial charge in [-0.2, -0.15) is 0 Å². The molecule has 3 aromatic rings. The number of carbonyl (C=O) groups excluding carboxylic acids is 2. The van der Waals surface area contributed by atoms with Crippen LogP contribution in [0.2, 0.25) is 0 Å². The van der Waals surface area contributed by atoms with Crippen LogP contribution >= 0.6 is 0 Å². The van der Waals surface area contributed by atoms with Crippen LogP contribution in [0.5, 0.6) is 0 Å². The van der Waals surface area contributed by atoms with Crippen LogP contribution in [0.4, 0.5) is 5.82 Å². The SMILES string of the molecule is O=C1c2ccccc2C(=O)N1c1ccc2ccccc2[n+]1[O-]. The molecule has 0 spiro atoms. The quantitative estimate of drug-likeness (QED) is 0.392. The molecule has 106 valence electrons. The maximum atomic E-state index is 12.5. The average molecular weight is 290 g/mol. The Morgan fingerprint density at radius 2 is 1.36 bits per heavy atom. The maximum absolute atomic E-state index is 12.5. The van der Waals surface area contributed by atoms with E-state index in [1.54, 1.807) is 48.5 Å². The highest BCUT2D eigenvalue weighted by atomic mass is 16.5. The molecule has 1 aliphatic heterocycles. The molecule has 0 saturated carbocycles. The van der Waals surface area contributed by atoms with E-state index < -0.39 is 11.8 Å². The van der Waals surface area contributed by atoms with Crippen LogP contribution in [-0.2, 0) is 0 Å². The Morgan fingerprint density at radius 1 is 0.773 bits per heavy atom. The van der Waals surface area contributed by atoms with Crippen LogP contribution < -0.4 is 9.63 Å². The van der Waals surface area contributed by atoms with Gasteiger partial charge in [-0.15, -0.1) is 4.90 Å². The van der Waals surface area contributed by atoms with E-state index in [-0.39, 0.29) is 5.82 Å². The Labute approximate surface area is 125 Å². The molecule has 0 saturated heterocycles. The lowest BCUT2D eigenvalue weighted by atomic mass is 10.1. The number of hydrogen-bond acceptors (Lipinski definition) is 3. The molecule has 0 fully saturated rings. The Balaban J connectivity index is 1.92. The molecule has 2 amide bonds. The summed E-state index contributed by atoms with van der Waals surface area (Å²) in [6.45, 7) is 0. The molecule has 5 heteroatoms. The third-order valence-electron chi connectivity index (χ3n) is 3.80. The first-order valence-electron chi connectivity index (χ1n) is 6.77. The largest absolute Gasteiger partial charge is 0.710 e. The van der Waals surface area contributed by atoms with Gasteiger partial charge in [0.2, 0.25) is 0 Å². The fourth-order valence-electron chi connectivity index (χ4n) is 2.73. The van der Waals surface area contributed by atoms with Crippen LogP contribution in [0.15, 0.2) is 60.7 Å². The number of benzene rings is 2.